The number of aromatic nitrogens is 1. The van der Waals surface area contributed by atoms with Crippen LogP contribution in [0.25, 0.3) is 39.6 Å². The maximum absolute atomic E-state index is 10.2. The van der Waals surface area contributed by atoms with Gasteiger partial charge in [-0.3, -0.25) is 0 Å². The molecule has 3 aromatic carbocycles. The van der Waals surface area contributed by atoms with Crippen LogP contribution in [-0.4, -0.2) is 15.3 Å². The molecule has 0 fully saturated rings. The molecule has 0 atom stereocenters. The van der Waals surface area contributed by atoms with Crippen molar-refractivity contribution in [1.29, 1.82) is 0 Å². The summed E-state index contributed by atoms with van der Waals surface area (Å²) in [6, 6.07) is 26.4. The smallest absolute Gasteiger partial charge is 0.255 e. The van der Waals surface area contributed by atoms with Gasteiger partial charge in [-0.1, -0.05) is 63.4 Å². The van der Waals surface area contributed by atoms with Crippen LogP contribution >= 0.6 is 11.3 Å². The number of pyridine rings is 1. The van der Waals surface area contributed by atoms with Crippen molar-refractivity contribution in [2.24, 2.45) is 5.73 Å². The van der Waals surface area contributed by atoms with Crippen molar-refractivity contribution in [2.45, 2.75) is 48.1 Å². The summed E-state index contributed by atoms with van der Waals surface area (Å²) < 4.78 is 2.02. The second-order valence-corrected chi connectivity index (χ2v) is 11.2. The Balaban J connectivity index is 0.000000278. The SMILES string of the molecule is C/C=C\C(=C/C)c1ccc(-c2ccc(O)cc2)s1.C=C(C)N.C=c1cccc(O)/c1=C\C[n+]1c(C)ccc2cccc(O)c21.CC. The van der Waals surface area contributed by atoms with Gasteiger partial charge in [0.1, 0.15) is 11.5 Å². The summed E-state index contributed by atoms with van der Waals surface area (Å²) >= 11 is 1.76. The molecule has 5 N–H and O–H groups in total. The zero-order valence-electron chi connectivity index (χ0n) is 27.8. The van der Waals surface area contributed by atoms with Crippen molar-refractivity contribution in [1.82, 2.24) is 0 Å². The van der Waals surface area contributed by atoms with Gasteiger partial charge in [0.25, 0.3) is 5.52 Å². The van der Waals surface area contributed by atoms with Crippen LogP contribution in [0.3, 0.4) is 0 Å². The van der Waals surface area contributed by atoms with Gasteiger partial charge in [-0.2, -0.15) is 4.57 Å². The van der Waals surface area contributed by atoms with Crippen LogP contribution in [-0.2, 0) is 6.54 Å². The number of thiophene rings is 1. The molecule has 0 radical (unpaired) electrons. The van der Waals surface area contributed by atoms with Crippen molar-refractivity contribution in [3.8, 4) is 27.7 Å². The van der Waals surface area contributed by atoms with E-state index in [-0.39, 0.29) is 11.5 Å². The van der Waals surface area contributed by atoms with Gasteiger partial charge in [-0.05, 0) is 110 Å². The minimum absolute atomic E-state index is 0.218. The van der Waals surface area contributed by atoms with Crippen molar-refractivity contribution in [3.63, 3.8) is 0 Å². The lowest BCUT2D eigenvalue weighted by Crippen LogP contribution is -2.38. The Labute approximate surface area is 277 Å². The highest BCUT2D eigenvalue weighted by atomic mass is 32.1. The molecule has 5 aromatic rings. The monoisotopic (exact) mass is 635 g/mol. The molecule has 0 aliphatic carbocycles. The Morgan fingerprint density at radius 1 is 0.870 bits per heavy atom. The fourth-order valence-corrected chi connectivity index (χ4v) is 5.55. The van der Waals surface area contributed by atoms with Crippen LogP contribution in [0.15, 0.2) is 115 Å². The summed E-state index contributed by atoms with van der Waals surface area (Å²) in [7, 11) is 0. The number of hydrogen-bond acceptors (Lipinski definition) is 5. The minimum atomic E-state index is 0.218. The Bertz CT molecular complexity index is 1900. The quantitative estimate of drug-likeness (QED) is 0.115. The molecule has 0 amide bonds. The molecular formula is C40H47N2O3S+. The second kappa shape index (κ2) is 18.7. The third-order valence-electron chi connectivity index (χ3n) is 6.60. The van der Waals surface area contributed by atoms with Crippen LogP contribution in [0.4, 0.5) is 0 Å². The van der Waals surface area contributed by atoms with Gasteiger partial charge >= 0.3 is 0 Å². The molecule has 6 heteroatoms. The molecule has 0 saturated carbocycles. The number of allylic oxidation sites excluding steroid dienone is 5. The molecule has 0 bridgehead atoms. The van der Waals surface area contributed by atoms with E-state index < -0.39 is 0 Å². The molecule has 0 aliphatic heterocycles. The molecule has 0 spiro atoms. The predicted octanol–water partition coefficient (Wildman–Crippen LogP) is 8.34. The molecule has 0 aliphatic rings. The first kappa shape index (κ1) is 37.1. The number of hydrogen-bond donors (Lipinski definition) is 4. The third kappa shape index (κ3) is 10.5. The number of benzene rings is 3. The number of phenols is 3. The normalized spacial score (nSPS) is 11.2. The van der Waals surface area contributed by atoms with Crippen LogP contribution in [0.5, 0.6) is 17.2 Å². The average molecular weight is 636 g/mol. The minimum Gasteiger partial charge on any atom is -0.508 e. The van der Waals surface area contributed by atoms with Crippen molar-refractivity contribution >= 4 is 40.5 Å². The van der Waals surface area contributed by atoms with Crippen molar-refractivity contribution < 1.29 is 19.9 Å². The van der Waals surface area contributed by atoms with Gasteiger partial charge in [-0.25, -0.2) is 0 Å². The highest BCUT2D eigenvalue weighted by Crippen LogP contribution is 2.33. The lowest BCUT2D eigenvalue weighted by atomic mass is 10.1. The van der Waals surface area contributed by atoms with E-state index in [1.54, 1.807) is 48.6 Å². The summed E-state index contributed by atoms with van der Waals surface area (Å²) in [6.45, 7) is 19.6. The fraction of sp³-hybridized carbons (Fsp3) is 0.175. The van der Waals surface area contributed by atoms with Crippen LogP contribution < -0.4 is 20.7 Å². The Morgan fingerprint density at radius 3 is 2.11 bits per heavy atom. The van der Waals surface area contributed by atoms with E-state index >= 15 is 0 Å². The Morgan fingerprint density at radius 2 is 1.50 bits per heavy atom. The van der Waals surface area contributed by atoms with E-state index in [9.17, 15) is 15.3 Å². The zero-order valence-corrected chi connectivity index (χ0v) is 28.6. The zero-order chi connectivity index (χ0) is 34.2. The summed E-state index contributed by atoms with van der Waals surface area (Å²) in [4.78, 5) is 2.48. The van der Waals surface area contributed by atoms with Crippen molar-refractivity contribution in [2.75, 3.05) is 0 Å². The fourth-order valence-electron chi connectivity index (χ4n) is 4.48. The highest BCUT2D eigenvalue weighted by Gasteiger charge is 2.15. The molecule has 46 heavy (non-hydrogen) atoms. The Hall–Kier alpha value is -5.07. The Kier molecular flexibility index (Phi) is 15.1. The van der Waals surface area contributed by atoms with Gasteiger partial charge < -0.3 is 21.1 Å². The lowest BCUT2D eigenvalue weighted by Gasteiger charge is -2.04. The molecule has 240 valence electrons. The number of para-hydroxylation sites is 1. The molecule has 5 nitrogen and oxygen atoms in total. The van der Waals surface area contributed by atoms with Gasteiger partial charge in [0.05, 0.1) is 5.39 Å². The van der Waals surface area contributed by atoms with E-state index in [1.807, 2.05) is 80.8 Å². The van der Waals surface area contributed by atoms with E-state index in [0.29, 0.717) is 18.0 Å². The van der Waals surface area contributed by atoms with Gasteiger partial charge in [0.2, 0.25) is 0 Å². The summed E-state index contributed by atoms with van der Waals surface area (Å²) in [5.74, 6) is 0.774. The lowest BCUT2D eigenvalue weighted by molar-refractivity contribution is -0.663. The topological polar surface area (TPSA) is 90.6 Å². The summed E-state index contributed by atoms with van der Waals surface area (Å²) in [6.07, 6.45) is 8.21. The maximum atomic E-state index is 10.2. The van der Waals surface area contributed by atoms with Gasteiger partial charge in [0.15, 0.2) is 18.0 Å². The van der Waals surface area contributed by atoms with E-state index in [2.05, 4.69) is 50.4 Å². The average Bonchev–Trinajstić information content (AvgIpc) is 3.52. The van der Waals surface area contributed by atoms with E-state index in [1.165, 1.54) is 15.3 Å². The number of aryl methyl sites for hydroxylation is 1. The first-order valence-corrected chi connectivity index (χ1v) is 16.0. The first-order valence-electron chi connectivity index (χ1n) is 15.2. The van der Waals surface area contributed by atoms with Crippen LogP contribution in [0, 0.1) is 6.92 Å². The molecular weight excluding hydrogens is 589 g/mol. The number of aromatic hydroxyl groups is 3. The second-order valence-electron chi connectivity index (χ2n) is 10.2. The number of rotatable bonds is 5. The largest absolute Gasteiger partial charge is 0.508 e. The van der Waals surface area contributed by atoms with Gasteiger partial charge in [-0.15, -0.1) is 11.3 Å². The van der Waals surface area contributed by atoms with Crippen LogP contribution in [0.2, 0.25) is 0 Å². The van der Waals surface area contributed by atoms with E-state index in [4.69, 9.17) is 5.73 Å². The molecule has 5 rings (SSSR count). The molecule has 2 aromatic heterocycles. The standard InChI is InChI=1S/C19H17NO2.C16H16OS.C3H7N.C2H6/c1-13-5-3-7-17(21)16(13)11-12-20-14(2)9-10-15-6-4-8-18(22)19(15)20;1-3-5-12(4-2)15-10-11-16(18-15)13-6-8-14(17)9-7-13;1-3(2)4;1-2/h3-11H,1,12H2,2H3,(H-,21,22);3-11,17H,1-2H3;1,4H2,2H3;1-2H3/p+1/b16-11-;5-3-,12-4+;;. The molecule has 2 heterocycles. The maximum Gasteiger partial charge on any atom is 0.255 e. The van der Waals surface area contributed by atoms with Gasteiger partial charge in [0, 0.05) is 28.0 Å². The molecule has 0 saturated heterocycles. The first-order chi connectivity index (χ1) is 22.0. The number of phenolic OH excluding ortho intramolecular Hbond substituents is 3. The molecule has 0 unspecified atom stereocenters. The van der Waals surface area contributed by atoms with Crippen LogP contribution in [0.1, 0.15) is 45.2 Å². The third-order valence-corrected chi connectivity index (χ3v) is 7.78. The summed E-state index contributed by atoms with van der Waals surface area (Å²) in [5, 5.41) is 31.9. The number of fused-ring (bicyclic) bond motifs is 1. The van der Waals surface area contributed by atoms with Crippen molar-refractivity contribution in [3.05, 3.63) is 136 Å². The highest BCUT2D eigenvalue weighted by molar-refractivity contribution is 7.16. The number of nitrogens with two attached hydrogens (primary N) is 1. The predicted molar refractivity (Wildman–Crippen MR) is 198 cm³/mol. The number of nitrogens with zero attached hydrogens (tertiary/aromatic N) is 1. The van der Waals surface area contributed by atoms with E-state index in [0.717, 1.165) is 32.6 Å². The summed E-state index contributed by atoms with van der Waals surface area (Å²) in [5.41, 5.74) is 9.79.